The average molecular weight is 171 g/mol. The summed E-state index contributed by atoms with van der Waals surface area (Å²) in [5.74, 6) is 0. The molecule has 0 bridgehead atoms. The highest BCUT2D eigenvalue weighted by atomic mass is 16.6. The topological polar surface area (TPSA) is 52.3 Å². The van der Waals surface area contributed by atoms with Crippen LogP contribution in [-0.2, 0) is 4.74 Å². The maximum absolute atomic E-state index is 10.6. The van der Waals surface area contributed by atoms with Gasteiger partial charge in [-0.2, -0.15) is 0 Å². The van der Waals surface area contributed by atoms with Crippen molar-refractivity contribution in [2.45, 2.75) is 51.0 Å². The number of hydrogen-bond acceptors (Lipinski definition) is 2. The lowest BCUT2D eigenvalue weighted by molar-refractivity contribution is 0.0195. The summed E-state index contributed by atoms with van der Waals surface area (Å²) in [6, 6.07) is 0. The maximum Gasteiger partial charge on any atom is 0.405 e. The molecule has 0 unspecified atom stereocenters. The molecule has 1 saturated carbocycles. The molecule has 0 radical (unpaired) electrons. The average Bonchev–Trinajstić information content (AvgIpc) is 2.12. The third kappa shape index (κ3) is 2.72. The van der Waals surface area contributed by atoms with Crippen molar-refractivity contribution in [3.63, 3.8) is 0 Å². The Morgan fingerprint density at radius 2 is 1.75 bits per heavy atom. The second kappa shape index (κ2) is 3.78. The van der Waals surface area contributed by atoms with Gasteiger partial charge in [-0.15, -0.1) is 0 Å². The Morgan fingerprint density at radius 1 is 1.25 bits per heavy atom. The first-order valence-corrected chi connectivity index (χ1v) is 4.61. The van der Waals surface area contributed by atoms with Crippen molar-refractivity contribution in [1.29, 1.82) is 0 Å². The first-order chi connectivity index (χ1) is 5.62. The molecule has 1 amide bonds. The molecule has 0 heterocycles. The van der Waals surface area contributed by atoms with Crippen LogP contribution in [0.2, 0.25) is 0 Å². The first kappa shape index (κ1) is 9.36. The minimum Gasteiger partial charge on any atom is -0.443 e. The first-order valence-electron chi connectivity index (χ1n) is 4.61. The number of carbonyl (C=O) groups excluding carboxylic acids is 1. The van der Waals surface area contributed by atoms with E-state index in [2.05, 4.69) is 0 Å². The molecular weight excluding hydrogens is 154 g/mol. The normalized spacial score (nSPS) is 22.8. The van der Waals surface area contributed by atoms with Crippen LogP contribution in [0, 0.1) is 0 Å². The lowest BCUT2D eigenvalue weighted by Crippen LogP contribution is -2.33. The second-order valence-corrected chi connectivity index (χ2v) is 3.79. The van der Waals surface area contributed by atoms with Crippen molar-refractivity contribution in [3.05, 3.63) is 0 Å². The molecule has 0 aromatic rings. The molecule has 2 N–H and O–H groups in total. The summed E-state index contributed by atoms with van der Waals surface area (Å²) in [5.41, 5.74) is 4.71. The van der Waals surface area contributed by atoms with Crippen molar-refractivity contribution < 1.29 is 9.53 Å². The fraction of sp³-hybridized carbons (Fsp3) is 0.889. The number of primary amides is 1. The predicted molar refractivity (Wildman–Crippen MR) is 46.8 cm³/mol. The summed E-state index contributed by atoms with van der Waals surface area (Å²) in [6.07, 6.45) is 6.05. The van der Waals surface area contributed by atoms with Crippen molar-refractivity contribution >= 4 is 6.09 Å². The van der Waals surface area contributed by atoms with Crippen LogP contribution in [0.1, 0.15) is 45.4 Å². The van der Waals surface area contributed by atoms with E-state index in [-0.39, 0.29) is 5.60 Å². The van der Waals surface area contributed by atoms with Gasteiger partial charge in [-0.25, -0.2) is 4.79 Å². The Hall–Kier alpha value is -0.730. The van der Waals surface area contributed by atoms with E-state index in [4.69, 9.17) is 10.5 Å². The van der Waals surface area contributed by atoms with E-state index in [1.54, 1.807) is 0 Å². The highest BCUT2D eigenvalue weighted by Crippen LogP contribution is 2.29. The molecule has 12 heavy (non-hydrogen) atoms. The third-order valence-corrected chi connectivity index (χ3v) is 2.51. The zero-order valence-corrected chi connectivity index (χ0v) is 7.64. The molecule has 70 valence electrons. The van der Waals surface area contributed by atoms with Gasteiger partial charge in [0, 0.05) is 0 Å². The van der Waals surface area contributed by atoms with E-state index < -0.39 is 6.09 Å². The molecule has 0 aromatic heterocycles. The maximum atomic E-state index is 10.6. The summed E-state index contributed by atoms with van der Waals surface area (Å²) in [4.78, 5) is 10.6. The largest absolute Gasteiger partial charge is 0.443 e. The highest BCUT2D eigenvalue weighted by Gasteiger charge is 2.28. The Balaban J connectivity index is 2.48. The highest BCUT2D eigenvalue weighted by molar-refractivity contribution is 5.65. The minimum atomic E-state index is -0.639. The van der Waals surface area contributed by atoms with Gasteiger partial charge in [0.05, 0.1) is 0 Å². The number of rotatable bonds is 1. The van der Waals surface area contributed by atoms with Crippen LogP contribution >= 0.6 is 0 Å². The summed E-state index contributed by atoms with van der Waals surface area (Å²) in [6.45, 7) is 1.98. The molecule has 3 nitrogen and oxygen atoms in total. The number of ether oxygens (including phenoxy) is 1. The molecule has 3 heteroatoms. The van der Waals surface area contributed by atoms with Crippen molar-refractivity contribution in [1.82, 2.24) is 0 Å². The Kier molecular flexibility index (Phi) is 2.95. The Labute approximate surface area is 73.3 Å². The SMILES string of the molecule is CC1(OC(N)=O)CCCCCC1. The van der Waals surface area contributed by atoms with Crippen LogP contribution in [0.4, 0.5) is 4.79 Å². The van der Waals surface area contributed by atoms with Crippen LogP contribution in [0.5, 0.6) is 0 Å². The summed E-state index contributed by atoms with van der Waals surface area (Å²) in [5, 5.41) is 0. The minimum absolute atomic E-state index is 0.289. The van der Waals surface area contributed by atoms with Gasteiger partial charge in [0.25, 0.3) is 0 Å². The van der Waals surface area contributed by atoms with Gasteiger partial charge < -0.3 is 10.5 Å². The second-order valence-electron chi connectivity index (χ2n) is 3.79. The van der Waals surface area contributed by atoms with Gasteiger partial charge >= 0.3 is 6.09 Å². The molecule has 0 aromatic carbocycles. The summed E-state index contributed by atoms with van der Waals surface area (Å²) >= 11 is 0. The van der Waals surface area contributed by atoms with Crippen LogP contribution in [0.15, 0.2) is 0 Å². The standard InChI is InChI=1S/C9H17NO2/c1-9(12-8(10)11)6-4-2-3-5-7-9/h2-7H2,1H3,(H2,10,11). The quantitative estimate of drug-likeness (QED) is 0.615. The van der Waals surface area contributed by atoms with E-state index in [0.29, 0.717) is 0 Å². The molecule has 0 spiro atoms. The fourth-order valence-corrected chi connectivity index (χ4v) is 1.82. The van der Waals surface area contributed by atoms with Crippen molar-refractivity contribution in [2.24, 2.45) is 5.73 Å². The van der Waals surface area contributed by atoms with Gasteiger partial charge in [0.1, 0.15) is 5.60 Å². The fourth-order valence-electron chi connectivity index (χ4n) is 1.82. The molecule has 0 atom stereocenters. The van der Waals surface area contributed by atoms with Gasteiger partial charge in [0.15, 0.2) is 0 Å². The van der Waals surface area contributed by atoms with E-state index >= 15 is 0 Å². The molecule has 1 rings (SSSR count). The Morgan fingerprint density at radius 3 is 2.17 bits per heavy atom. The smallest absolute Gasteiger partial charge is 0.405 e. The van der Waals surface area contributed by atoms with Crippen LogP contribution < -0.4 is 5.73 Å². The third-order valence-electron chi connectivity index (χ3n) is 2.51. The monoisotopic (exact) mass is 171 g/mol. The molecule has 1 fully saturated rings. The van der Waals surface area contributed by atoms with Crippen molar-refractivity contribution in [3.8, 4) is 0 Å². The van der Waals surface area contributed by atoms with Gasteiger partial charge in [-0.1, -0.05) is 12.8 Å². The summed E-state index contributed by atoms with van der Waals surface area (Å²) < 4.78 is 5.10. The summed E-state index contributed by atoms with van der Waals surface area (Å²) in [7, 11) is 0. The number of amides is 1. The van der Waals surface area contributed by atoms with E-state index in [1.807, 2.05) is 6.92 Å². The molecule has 0 saturated heterocycles. The zero-order chi connectivity index (χ0) is 9.03. The number of nitrogens with two attached hydrogens (primary N) is 1. The Bertz CT molecular complexity index is 160. The van der Waals surface area contributed by atoms with Crippen LogP contribution in [0.3, 0.4) is 0 Å². The zero-order valence-electron chi connectivity index (χ0n) is 7.64. The van der Waals surface area contributed by atoms with E-state index in [1.165, 1.54) is 12.8 Å². The molecule has 1 aliphatic rings. The molecular formula is C9H17NO2. The van der Waals surface area contributed by atoms with Gasteiger partial charge in [-0.05, 0) is 32.6 Å². The van der Waals surface area contributed by atoms with Gasteiger partial charge in [0.2, 0.25) is 0 Å². The van der Waals surface area contributed by atoms with Crippen molar-refractivity contribution in [2.75, 3.05) is 0 Å². The molecule has 1 aliphatic carbocycles. The lowest BCUT2D eigenvalue weighted by Gasteiger charge is -2.26. The van der Waals surface area contributed by atoms with E-state index in [9.17, 15) is 4.79 Å². The lowest BCUT2D eigenvalue weighted by atomic mass is 9.97. The van der Waals surface area contributed by atoms with Crippen LogP contribution in [-0.4, -0.2) is 11.7 Å². The number of carbonyl (C=O) groups is 1. The predicted octanol–water partition coefficient (Wildman–Crippen LogP) is 2.19. The number of hydrogen-bond donors (Lipinski definition) is 1. The molecule has 0 aliphatic heterocycles. The van der Waals surface area contributed by atoms with Crippen LogP contribution in [0.25, 0.3) is 0 Å². The van der Waals surface area contributed by atoms with E-state index in [0.717, 1.165) is 25.7 Å². The van der Waals surface area contributed by atoms with Gasteiger partial charge in [-0.3, -0.25) is 0 Å².